The van der Waals surface area contributed by atoms with Crippen LogP contribution in [0.25, 0.3) is 10.9 Å². The molecule has 0 aliphatic heterocycles. The van der Waals surface area contributed by atoms with Gasteiger partial charge in [-0.3, -0.25) is 4.68 Å². The van der Waals surface area contributed by atoms with Crippen LogP contribution in [-0.2, 0) is 22.6 Å². The number of benzene rings is 1. The maximum atomic E-state index is 13.2. The number of halogens is 1. The van der Waals surface area contributed by atoms with Crippen LogP contribution in [0.15, 0.2) is 18.3 Å². The van der Waals surface area contributed by atoms with E-state index in [4.69, 9.17) is 21.1 Å². The van der Waals surface area contributed by atoms with Crippen LogP contribution in [0.4, 0.5) is 15.4 Å². The van der Waals surface area contributed by atoms with E-state index in [0.29, 0.717) is 51.4 Å². The van der Waals surface area contributed by atoms with Crippen molar-refractivity contribution in [1.82, 2.24) is 34.8 Å². The molecule has 12 nitrogen and oxygen atoms in total. The number of amides is 2. The van der Waals surface area contributed by atoms with Crippen molar-refractivity contribution in [2.45, 2.75) is 131 Å². The molecule has 1 aliphatic carbocycles. The Hall–Kier alpha value is -3.67. The minimum atomic E-state index is -0.620. The summed E-state index contributed by atoms with van der Waals surface area (Å²) >= 11 is 6.21. The first-order chi connectivity index (χ1) is 22.6. The van der Waals surface area contributed by atoms with Crippen molar-refractivity contribution in [1.29, 1.82) is 0 Å². The van der Waals surface area contributed by atoms with E-state index in [-0.39, 0.29) is 23.5 Å². The first kappa shape index (κ1) is 37.2. The molecule has 0 unspecified atom stereocenters. The lowest BCUT2D eigenvalue weighted by Gasteiger charge is -2.36. The Morgan fingerprint density at radius 2 is 1.56 bits per heavy atom. The van der Waals surface area contributed by atoms with E-state index in [1.54, 1.807) is 9.58 Å². The van der Waals surface area contributed by atoms with Gasteiger partial charge in [-0.1, -0.05) is 24.5 Å². The SMILES string of the molecule is Cc1cc2nc(Cl)nc(NCc3cn(CCCN(CCCN(C(=O)OC(C)(C)C)C4CCCCC4)C(=O)OC(C)(C)C)nn3)c2cc1C. The van der Waals surface area contributed by atoms with Crippen LogP contribution >= 0.6 is 11.6 Å². The third-order valence-electron chi connectivity index (χ3n) is 8.24. The molecule has 1 aromatic carbocycles. The lowest BCUT2D eigenvalue weighted by atomic mass is 9.94. The quantitative estimate of drug-likeness (QED) is 0.191. The first-order valence-corrected chi connectivity index (χ1v) is 17.5. The van der Waals surface area contributed by atoms with Gasteiger partial charge in [-0.05, 0) is 116 Å². The molecule has 3 aromatic rings. The number of aromatic nitrogens is 5. The lowest BCUT2D eigenvalue weighted by Crippen LogP contribution is -2.46. The summed E-state index contributed by atoms with van der Waals surface area (Å²) < 4.78 is 13.3. The molecule has 1 aliphatic rings. The van der Waals surface area contributed by atoms with Crippen LogP contribution in [0.1, 0.15) is 103 Å². The third kappa shape index (κ3) is 11.2. The number of rotatable bonds is 12. The number of hydrogen-bond acceptors (Lipinski definition) is 9. The van der Waals surface area contributed by atoms with Crippen molar-refractivity contribution in [2.75, 3.05) is 25.0 Å². The van der Waals surface area contributed by atoms with Gasteiger partial charge in [0.25, 0.3) is 0 Å². The summed E-state index contributed by atoms with van der Waals surface area (Å²) in [5, 5.41) is 13.0. The standard InChI is InChI=1S/C35H53ClN8O4/c1-24-20-28-29(21-25(24)2)38-31(36)39-30(28)37-22-26-23-43(41-40-26)18-12-16-42(32(45)47-34(3,4)5)17-13-19-44(27-14-10-9-11-15-27)33(46)48-35(6,7)8/h20-21,23,27H,9-19,22H2,1-8H3,(H,37,38,39). The number of hydrogen-bond donors (Lipinski definition) is 1. The van der Waals surface area contributed by atoms with Crippen molar-refractivity contribution in [3.05, 3.63) is 40.4 Å². The van der Waals surface area contributed by atoms with E-state index >= 15 is 0 Å². The fourth-order valence-electron chi connectivity index (χ4n) is 5.81. The molecule has 0 bridgehead atoms. The Labute approximate surface area is 289 Å². The number of ether oxygens (including phenoxy) is 2. The van der Waals surface area contributed by atoms with Crippen LogP contribution in [0, 0.1) is 13.8 Å². The molecule has 48 heavy (non-hydrogen) atoms. The van der Waals surface area contributed by atoms with E-state index in [0.717, 1.165) is 53.4 Å². The van der Waals surface area contributed by atoms with Crippen molar-refractivity contribution >= 4 is 40.5 Å². The fraction of sp³-hybridized carbons (Fsp3) is 0.657. The van der Waals surface area contributed by atoms with Crippen LogP contribution in [0.2, 0.25) is 5.28 Å². The number of fused-ring (bicyclic) bond motifs is 1. The monoisotopic (exact) mass is 684 g/mol. The van der Waals surface area contributed by atoms with Crippen molar-refractivity contribution in [2.24, 2.45) is 0 Å². The van der Waals surface area contributed by atoms with Gasteiger partial charge < -0.3 is 24.6 Å². The zero-order valence-corrected chi connectivity index (χ0v) is 30.7. The zero-order chi connectivity index (χ0) is 35.1. The predicted molar refractivity (Wildman–Crippen MR) is 188 cm³/mol. The minimum absolute atomic E-state index is 0.165. The summed E-state index contributed by atoms with van der Waals surface area (Å²) in [6.07, 6.45) is 7.88. The van der Waals surface area contributed by atoms with Crippen molar-refractivity contribution in [3.8, 4) is 0 Å². The molecule has 2 amide bonds. The number of anilines is 1. The van der Waals surface area contributed by atoms with Gasteiger partial charge in [0.15, 0.2) is 0 Å². The number of nitrogens with one attached hydrogen (secondary N) is 1. The average Bonchev–Trinajstić information content (AvgIpc) is 3.44. The highest BCUT2D eigenvalue weighted by Gasteiger charge is 2.30. The van der Waals surface area contributed by atoms with Gasteiger partial charge in [0.1, 0.15) is 22.7 Å². The lowest BCUT2D eigenvalue weighted by molar-refractivity contribution is 0.00994. The summed E-state index contributed by atoms with van der Waals surface area (Å²) in [5.41, 5.74) is 2.62. The van der Waals surface area contributed by atoms with Crippen LogP contribution in [-0.4, -0.2) is 83.8 Å². The van der Waals surface area contributed by atoms with E-state index < -0.39 is 11.2 Å². The highest BCUT2D eigenvalue weighted by molar-refractivity contribution is 6.28. The van der Waals surface area contributed by atoms with Gasteiger partial charge in [-0.25, -0.2) is 19.6 Å². The van der Waals surface area contributed by atoms with E-state index in [2.05, 4.69) is 38.6 Å². The molecule has 1 saturated carbocycles. The Kier molecular flexibility index (Phi) is 12.5. The Morgan fingerprint density at radius 1 is 0.917 bits per heavy atom. The fourth-order valence-corrected chi connectivity index (χ4v) is 5.99. The molecular weight excluding hydrogens is 632 g/mol. The largest absolute Gasteiger partial charge is 0.444 e. The summed E-state index contributed by atoms with van der Waals surface area (Å²) in [6, 6.07) is 4.23. The molecule has 0 radical (unpaired) electrons. The minimum Gasteiger partial charge on any atom is -0.444 e. The predicted octanol–water partition coefficient (Wildman–Crippen LogP) is 7.69. The molecule has 2 aromatic heterocycles. The molecule has 0 saturated heterocycles. The molecule has 0 atom stereocenters. The molecule has 4 rings (SSSR count). The van der Waals surface area contributed by atoms with Gasteiger partial charge in [0.2, 0.25) is 5.28 Å². The smallest absolute Gasteiger partial charge is 0.410 e. The normalized spacial score (nSPS) is 14.2. The highest BCUT2D eigenvalue weighted by Crippen LogP contribution is 2.27. The van der Waals surface area contributed by atoms with Crippen LogP contribution < -0.4 is 5.32 Å². The molecule has 1 N–H and O–H groups in total. The molecular formula is C35H53ClN8O4. The number of carbonyl (C=O) groups is 2. The summed E-state index contributed by atoms with van der Waals surface area (Å²) in [7, 11) is 0. The topological polar surface area (TPSA) is 128 Å². The summed E-state index contributed by atoms with van der Waals surface area (Å²) in [5.74, 6) is 0.643. The Bertz CT molecular complexity index is 1540. The van der Waals surface area contributed by atoms with Gasteiger partial charge in [0.05, 0.1) is 18.3 Å². The van der Waals surface area contributed by atoms with Crippen molar-refractivity contribution < 1.29 is 19.1 Å². The Balaban J connectivity index is 1.34. The van der Waals surface area contributed by atoms with Crippen molar-refractivity contribution in [3.63, 3.8) is 0 Å². The molecule has 2 heterocycles. The van der Waals surface area contributed by atoms with E-state index in [1.807, 2.05) is 65.6 Å². The second kappa shape index (κ2) is 16.2. The summed E-state index contributed by atoms with van der Waals surface area (Å²) in [4.78, 5) is 38.8. The molecule has 1 fully saturated rings. The molecule has 13 heteroatoms. The van der Waals surface area contributed by atoms with Crippen LogP contribution in [0.5, 0.6) is 0 Å². The second-order valence-electron chi connectivity index (χ2n) is 14.8. The highest BCUT2D eigenvalue weighted by atomic mass is 35.5. The molecule has 0 spiro atoms. The second-order valence-corrected chi connectivity index (χ2v) is 15.1. The zero-order valence-electron chi connectivity index (χ0n) is 29.9. The van der Waals surface area contributed by atoms with Gasteiger partial charge >= 0.3 is 12.2 Å². The first-order valence-electron chi connectivity index (χ1n) is 17.1. The Morgan fingerprint density at radius 3 is 2.25 bits per heavy atom. The third-order valence-corrected chi connectivity index (χ3v) is 8.41. The number of nitrogens with zero attached hydrogens (tertiary/aromatic N) is 7. The van der Waals surface area contributed by atoms with E-state index in [9.17, 15) is 9.59 Å². The van der Waals surface area contributed by atoms with Gasteiger partial charge in [-0.2, -0.15) is 0 Å². The summed E-state index contributed by atoms with van der Waals surface area (Å²) in [6.45, 7) is 17.8. The van der Waals surface area contributed by atoms with E-state index in [1.165, 1.54) is 6.42 Å². The van der Waals surface area contributed by atoms with Gasteiger partial charge in [0, 0.05) is 37.6 Å². The number of aryl methyl sites for hydroxylation is 3. The maximum Gasteiger partial charge on any atom is 0.410 e. The number of carbonyl (C=O) groups excluding carboxylic acids is 2. The average molecular weight is 685 g/mol. The van der Waals surface area contributed by atoms with Gasteiger partial charge in [-0.15, -0.1) is 5.10 Å². The molecule has 264 valence electrons. The maximum absolute atomic E-state index is 13.2. The van der Waals surface area contributed by atoms with Crippen LogP contribution in [0.3, 0.4) is 0 Å².